The number of nitrogens with one attached hydrogen (secondary N) is 1. The molecule has 28 heteroatoms. The van der Waals surface area contributed by atoms with Gasteiger partial charge in [-0.25, -0.2) is 9.97 Å². The summed E-state index contributed by atoms with van der Waals surface area (Å²) in [6.07, 6.45) is 19.5. The number of ether oxygens (including phenoxy) is 3. The van der Waals surface area contributed by atoms with Crippen molar-refractivity contribution >= 4 is 150 Å². The molecule has 3 aromatic carbocycles. The number of nitrogens with two attached hydrogens (primary N) is 2. The minimum Gasteiger partial charge on any atom is -0.489 e. The van der Waals surface area contributed by atoms with E-state index in [9.17, 15) is 0 Å². The predicted octanol–water partition coefficient (Wildman–Crippen LogP) is 18.7. The zero-order valence-corrected chi connectivity index (χ0v) is 68.7. The van der Waals surface area contributed by atoms with Crippen molar-refractivity contribution in [1.29, 1.82) is 0 Å². The summed E-state index contributed by atoms with van der Waals surface area (Å²) in [6, 6.07) is 32.4. The molecule has 0 saturated heterocycles. The quantitative estimate of drug-likeness (QED) is 0.0462. The summed E-state index contributed by atoms with van der Waals surface area (Å²) in [6.45, 7) is 9.70. The van der Waals surface area contributed by atoms with Crippen LogP contribution in [0.4, 0.5) is 11.4 Å². The van der Waals surface area contributed by atoms with Crippen LogP contribution < -0.4 is 31.0 Å². The third kappa shape index (κ3) is 27.6. The van der Waals surface area contributed by atoms with Crippen LogP contribution in [0.25, 0.3) is 5.69 Å². The van der Waals surface area contributed by atoms with E-state index in [0.29, 0.717) is 59.4 Å². The van der Waals surface area contributed by atoms with Crippen LogP contribution in [-0.4, -0.2) is 106 Å². The molecule has 0 radical (unpaired) electrons. The summed E-state index contributed by atoms with van der Waals surface area (Å²) in [4.78, 5) is 16.9. The van der Waals surface area contributed by atoms with Crippen molar-refractivity contribution in [3.05, 3.63) is 195 Å². The molecule has 7 heterocycles. The third-order valence-corrected chi connectivity index (χ3v) is 17.2. The van der Waals surface area contributed by atoms with Gasteiger partial charge in [-0.3, -0.25) is 19.4 Å². The maximum absolute atomic E-state index is 6.27. The average Bonchev–Trinajstić information content (AvgIpc) is 1.64. The fourth-order valence-electron chi connectivity index (χ4n) is 11.7. The second-order valence-corrected chi connectivity index (χ2v) is 31.1. The highest BCUT2D eigenvalue weighted by Gasteiger charge is 2.32. The van der Waals surface area contributed by atoms with E-state index in [1.165, 1.54) is 12.4 Å². The molecule has 13 rings (SSSR count). The van der Waals surface area contributed by atoms with E-state index in [1.54, 1.807) is 36.9 Å². The molecular weight excluding hydrogens is 1790 g/mol. The SMILES string of the molecule is CC.CCI.CN(Cc1nnc(C2CCC(Oc3cccnc3)CC2)o1)Cc1cc(Cl)ccc1N.CN1Cc2cc(Cl)ccc2-n2c(nnc2C2CCC(Oc3ccccn3)CC2)C1.CNCc1cc(Cl)ccc1N.ClCc1nnc(C2CCC(Oc3ccccn3)CC2)o1.I.ICI. The number of alkyl halides is 4. The lowest BCUT2D eigenvalue weighted by atomic mass is 9.86. The van der Waals surface area contributed by atoms with Crippen molar-refractivity contribution in [3.63, 3.8) is 0 Å². The Morgan fingerprint density at radius 1 is 0.596 bits per heavy atom. The Kier molecular flexibility index (Phi) is 38.4. The number of nitrogens with zero attached hydrogens (tertiary/aromatic N) is 12. The van der Waals surface area contributed by atoms with Crippen molar-refractivity contribution in [3.8, 4) is 23.2 Å². The van der Waals surface area contributed by atoms with Gasteiger partial charge >= 0.3 is 0 Å². The molecule has 3 fully saturated rings. The second-order valence-electron chi connectivity index (χ2n) is 23.5. The number of hydrogen-bond donors (Lipinski definition) is 3. The Bertz CT molecular complexity index is 3700. The van der Waals surface area contributed by atoms with Crippen LogP contribution in [0.2, 0.25) is 15.1 Å². The summed E-state index contributed by atoms with van der Waals surface area (Å²) >= 11 is 30.6. The molecule has 0 amide bonds. The molecule has 5 N–H and O–H groups in total. The van der Waals surface area contributed by atoms with Gasteiger partial charge in [0.1, 0.15) is 29.7 Å². The molecule has 0 bridgehead atoms. The number of pyridine rings is 3. The number of hydrogen-bond acceptors (Lipinski definition) is 19. The molecule has 9 aromatic rings. The molecule has 0 unspecified atom stereocenters. The van der Waals surface area contributed by atoms with E-state index in [4.69, 9.17) is 80.9 Å². The van der Waals surface area contributed by atoms with E-state index >= 15 is 0 Å². The average molecular weight is 1880 g/mol. The van der Waals surface area contributed by atoms with Crippen LogP contribution in [0.3, 0.4) is 0 Å². The first-order valence-electron chi connectivity index (χ1n) is 33.1. The monoisotopic (exact) mass is 1880 g/mol. The summed E-state index contributed by atoms with van der Waals surface area (Å²) in [5.74, 6) is 8.08. The molecule has 1 aliphatic heterocycles. The minimum atomic E-state index is 0. The fraction of sp³-hybridized carbons (Fsp3) is 0.451. The van der Waals surface area contributed by atoms with Crippen molar-refractivity contribution in [2.75, 3.05) is 39.5 Å². The second kappa shape index (κ2) is 45.6. The Balaban J connectivity index is 0.000000209. The third-order valence-electron chi connectivity index (χ3n) is 16.3. The first-order valence-corrected chi connectivity index (χ1v) is 39.3. The highest BCUT2D eigenvalue weighted by molar-refractivity contribution is 14.2. The van der Waals surface area contributed by atoms with Gasteiger partial charge in [-0.2, -0.15) is 0 Å². The minimum absolute atomic E-state index is 0. The van der Waals surface area contributed by atoms with Crippen LogP contribution >= 0.6 is 138 Å². The van der Waals surface area contributed by atoms with Gasteiger partial charge in [0.05, 0.1) is 33.5 Å². The Morgan fingerprint density at radius 2 is 1.10 bits per heavy atom. The number of aromatic nitrogens is 10. The molecular formula is C71H91Cl4I4N15O5. The van der Waals surface area contributed by atoms with Crippen molar-refractivity contribution in [2.24, 2.45) is 0 Å². The van der Waals surface area contributed by atoms with Crippen molar-refractivity contribution in [2.45, 2.75) is 172 Å². The highest BCUT2D eigenvalue weighted by atomic mass is 127. The molecule has 0 spiro atoms. The summed E-state index contributed by atoms with van der Waals surface area (Å²) in [5.41, 5.74) is 17.6. The van der Waals surface area contributed by atoms with Crippen LogP contribution in [-0.2, 0) is 38.6 Å². The zero-order valence-electron chi connectivity index (χ0n) is 56.8. The number of benzene rings is 3. The smallest absolute Gasteiger partial charge is 0.231 e. The first kappa shape index (κ1) is 83.4. The van der Waals surface area contributed by atoms with Gasteiger partial charge < -0.3 is 39.8 Å². The number of fused-ring (bicyclic) bond motifs is 3. The van der Waals surface area contributed by atoms with Gasteiger partial charge in [-0.15, -0.1) is 66.2 Å². The molecule has 536 valence electrons. The molecule has 6 aromatic heterocycles. The topological polar surface area (TPSA) is 245 Å². The molecule has 4 aliphatic rings. The van der Waals surface area contributed by atoms with Gasteiger partial charge in [-0.1, -0.05) is 135 Å². The van der Waals surface area contributed by atoms with E-state index in [2.05, 4.69) is 159 Å². The molecule has 3 saturated carbocycles. The number of nitrogen functional groups attached to an aromatic ring is 2. The van der Waals surface area contributed by atoms with Crippen LogP contribution in [0.5, 0.6) is 17.5 Å². The first-order chi connectivity index (χ1) is 47.6. The maximum Gasteiger partial charge on any atom is 0.231 e. The lowest BCUT2D eigenvalue weighted by Crippen LogP contribution is -2.25. The van der Waals surface area contributed by atoms with Gasteiger partial charge in [0.15, 0.2) is 5.82 Å². The summed E-state index contributed by atoms with van der Waals surface area (Å²) in [7, 11) is 5.97. The van der Waals surface area contributed by atoms with Crippen molar-refractivity contribution in [1.82, 2.24) is 65.2 Å². The van der Waals surface area contributed by atoms with E-state index < -0.39 is 0 Å². The summed E-state index contributed by atoms with van der Waals surface area (Å²) in [5, 5.41) is 30.9. The molecule has 3 aliphatic carbocycles. The Hall–Kier alpha value is -4.51. The van der Waals surface area contributed by atoms with E-state index in [-0.39, 0.29) is 54.1 Å². The van der Waals surface area contributed by atoms with E-state index in [1.807, 2.05) is 107 Å². The largest absolute Gasteiger partial charge is 0.489 e. The van der Waals surface area contributed by atoms with Gasteiger partial charge in [-0.05, 0) is 198 Å². The van der Waals surface area contributed by atoms with E-state index in [0.717, 1.165) is 158 Å². The molecule has 0 atom stereocenters. The van der Waals surface area contributed by atoms with Gasteiger partial charge in [0.2, 0.25) is 35.3 Å². The van der Waals surface area contributed by atoms with Gasteiger partial charge in [0, 0.05) is 94.6 Å². The predicted molar refractivity (Wildman–Crippen MR) is 433 cm³/mol. The van der Waals surface area contributed by atoms with Crippen LogP contribution in [0.15, 0.2) is 137 Å². The van der Waals surface area contributed by atoms with Crippen LogP contribution in [0, 0.1) is 0 Å². The fourth-order valence-corrected chi connectivity index (χ4v) is 12.4. The summed E-state index contributed by atoms with van der Waals surface area (Å²) < 4.78 is 34.1. The number of halogens is 8. The number of rotatable bonds is 16. The van der Waals surface area contributed by atoms with Gasteiger partial charge in [0.25, 0.3) is 0 Å². The lowest BCUT2D eigenvalue weighted by molar-refractivity contribution is 0.135. The van der Waals surface area contributed by atoms with Crippen molar-refractivity contribution < 1.29 is 23.0 Å². The van der Waals surface area contributed by atoms with Crippen LogP contribution in [0.1, 0.15) is 167 Å². The molecule has 20 nitrogen and oxygen atoms in total. The molecule has 99 heavy (non-hydrogen) atoms. The lowest BCUT2D eigenvalue weighted by Gasteiger charge is -2.28. The maximum atomic E-state index is 6.27. The number of anilines is 2. The zero-order chi connectivity index (χ0) is 70.2. The highest BCUT2D eigenvalue weighted by Crippen LogP contribution is 2.39. The Morgan fingerprint density at radius 3 is 1.62 bits per heavy atom. The normalized spacial score (nSPS) is 18.3. The standard InChI is InChI=1S/C22H26ClN5O2.C22H24ClN5O.C14H16ClN3O2.C8H11ClN2.C2H5I.C2H6.CH2I2.HI/c1-28(13-16-11-17(23)6-9-20(16)24)14-21-26-27-22(30-21)15-4-7-18(8-5-15)29-19-3-2-10-25-12-19;1-27-13-16-12-17(23)7-10-19(16)28-20(14-27)25-26-22(28)15-5-8-18(9-6-15)29-21-4-2-3-11-24-21;15-9-13-17-18-14(20-13)10-4-6-11(7-5-10)19-12-3-1-2-8-16-12;1-11-5-6-4-7(9)2-3-8(6)10;1-2-3;1-2;2-1-3;/h2-3,6,9-12,15,18H,4-5,7-8,13-14,24H2,1H3;2-4,7,10-12,15,18H,5-6,8-9,13-14H2,1H3;1-3,8,10-11H,4-7,9H2;2-4,11H,5,10H2,1H3;2H2,1H3;1-2H3;1H2;1H. The Labute approximate surface area is 661 Å².